The molecular formula is C8H7ClFN3. The topological polar surface area (TPSA) is 62.7 Å². The Morgan fingerprint density at radius 3 is 3.08 bits per heavy atom. The Labute approximate surface area is 79.9 Å². The largest absolute Gasteiger partial charge is 0.323 e. The highest BCUT2D eigenvalue weighted by molar-refractivity contribution is 6.30. The van der Waals surface area contributed by atoms with Gasteiger partial charge in [-0.25, -0.2) is 4.98 Å². The van der Waals surface area contributed by atoms with Crippen molar-refractivity contribution in [3.05, 3.63) is 28.8 Å². The van der Waals surface area contributed by atoms with E-state index in [2.05, 4.69) is 4.98 Å². The summed E-state index contributed by atoms with van der Waals surface area (Å²) in [4.78, 5) is 3.39. The van der Waals surface area contributed by atoms with E-state index in [1.54, 1.807) is 0 Å². The third-order valence-electron chi connectivity index (χ3n) is 1.54. The molecule has 1 atom stereocenters. The lowest BCUT2D eigenvalue weighted by Crippen LogP contribution is -2.12. The molecule has 5 heteroatoms. The van der Waals surface area contributed by atoms with Crippen LogP contribution < -0.4 is 5.73 Å². The van der Waals surface area contributed by atoms with E-state index in [0.29, 0.717) is 5.02 Å². The van der Waals surface area contributed by atoms with Gasteiger partial charge in [0.2, 0.25) is 5.95 Å². The summed E-state index contributed by atoms with van der Waals surface area (Å²) < 4.78 is 13.0. The highest BCUT2D eigenvalue weighted by Crippen LogP contribution is 2.19. The van der Waals surface area contributed by atoms with Crippen LogP contribution in [0.15, 0.2) is 12.3 Å². The number of hydrogen-bond acceptors (Lipinski definition) is 3. The Hall–Kier alpha value is -1.18. The second-order valence-electron chi connectivity index (χ2n) is 2.50. The second kappa shape index (κ2) is 4.17. The minimum Gasteiger partial charge on any atom is -0.323 e. The average molecular weight is 200 g/mol. The predicted molar refractivity (Wildman–Crippen MR) is 46.4 cm³/mol. The standard InChI is InChI=1S/C8H7ClFN3/c9-5-3-6(7(12)1-2-11)8(10)13-4-5/h3-4,7H,1,12H2. The van der Waals surface area contributed by atoms with Gasteiger partial charge in [-0.05, 0) is 6.07 Å². The summed E-state index contributed by atoms with van der Waals surface area (Å²) in [5, 5.41) is 8.66. The average Bonchev–Trinajstić information content (AvgIpc) is 2.09. The van der Waals surface area contributed by atoms with Crippen molar-refractivity contribution in [1.29, 1.82) is 5.26 Å². The van der Waals surface area contributed by atoms with Crippen molar-refractivity contribution in [1.82, 2.24) is 4.98 Å². The van der Waals surface area contributed by atoms with Crippen LogP contribution in [0.5, 0.6) is 0 Å². The van der Waals surface area contributed by atoms with Gasteiger partial charge in [0.05, 0.1) is 17.5 Å². The van der Waals surface area contributed by atoms with Crippen molar-refractivity contribution >= 4 is 11.6 Å². The molecule has 0 radical (unpaired) electrons. The van der Waals surface area contributed by atoms with Gasteiger partial charge < -0.3 is 5.73 Å². The zero-order valence-electron chi connectivity index (χ0n) is 6.67. The van der Waals surface area contributed by atoms with Gasteiger partial charge in [-0.3, -0.25) is 0 Å². The molecule has 0 bridgehead atoms. The lowest BCUT2D eigenvalue weighted by atomic mass is 10.1. The molecule has 1 aromatic heterocycles. The second-order valence-corrected chi connectivity index (χ2v) is 2.94. The van der Waals surface area contributed by atoms with Crippen molar-refractivity contribution in [3.8, 4) is 6.07 Å². The zero-order chi connectivity index (χ0) is 9.84. The molecule has 0 saturated carbocycles. The number of hydrogen-bond donors (Lipinski definition) is 1. The number of rotatable bonds is 2. The third-order valence-corrected chi connectivity index (χ3v) is 1.75. The van der Waals surface area contributed by atoms with Crippen LogP contribution >= 0.6 is 11.6 Å². The Bertz CT molecular complexity index is 348. The molecule has 0 fully saturated rings. The summed E-state index contributed by atoms with van der Waals surface area (Å²) in [7, 11) is 0. The molecule has 1 aromatic rings. The number of nitrogens with zero attached hydrogens (tertiary/aromatic N) is 2. The van der Waals surface area contributed by atoms with E-state index < -0.39 is 12.0 Å². The first-order valence-corrected chi connectivity index (χ1v) is 3.96. The van der Waals surface area contributed by atoms with E-state index in [0.717, 1.165) is 0 Å². The van der Waals surface area contributed by atoms with Gasteiger partial charge in [0.1, 0.15) is 0 Å². The van der Waals surface area contributed by atoms with Gasteiger partial charge in [-0.2, -0.15) is 9.65 Å². The minimum absolute atomic E-state index is 0.0406. The van der Waals surface area contributed by atoms with Crippen LogP contribution in [0.1, 0.15) is 18.0 Å². The highest BCUT2D eigenvalue weighted by Gasteiger charge is 2.12. The van der Waals surface area contributed by atoms with Crippen molar-refractivity contribution in [3.63, 3.8) is 0 Å². The molecule has 68 valence electrons. The molecule has 0 aliphatic carbocycles. The van der Waals surface area contributed by atoms with E-state index in [9.17, 15) is 4.39 Å². The molecule has 0 aliphatic rings. The first-order chi connectivity index (χ1) is 6.15. The van der Waals surface area contributed by atoms with Crippen molar-refractivity contribution in [2.75, 3.05) is 0 Å². The van der Waals surface area contributed by atoms with Crippen LogP contribution in [0.4, 0.5) is 4.39 Å². The van der Waals surface area contributed by atoms with Gasteiger partial charge >= 0.3 is 0 Å². The van der Waals surface area contributed by atoms with E-state index in [4.69, 9.17) is 22.6 Å². The van der Waals surface area contributed by atoms with Crippen molar-refractivity contribution < 1.29 is 4.39 Å². The monoisotopic (exact) mass is 199 g/mol. The maximum absolute atomic E-state index is 13.0. The summed E-state index contributed by atoms with van der Waals surface area (Å²) in [6.45, 7) is 0. The number of nitriles is 1. The molecule has 2 N–H and O–H groups in total. The van der Waals surface area contributed by atoms with Gasteiger partial charge in [0.15, 0.2) is 0 Å². The molecule has 0 aliphatic heterocycles. The van der Waals surface area contributed by atoms with Crippen molar-refractivity contribution in [2.24, 2.45) is 5.73 Å². The smallest absolute Gasteiger partial charge is 0.217 e. The highest BCUT2D eigenvalue weighted by atomic mass is 35.5. The molecule has 1 unspecified atom stereocenters. The lowest BCUT2D eigenvalue weighted by Gasteiger charge is -2.07. The summed E-state index contributed by atoms with van der Waals surface area (Å²) >= 11 is 5.59. The Kier molecular flexibility index (Phi) is 3.18. The quantitative estimate of drug-likeness (QED) is 0.739. The number of aromatic nitrogens is 1. The Balaban J connectivity index is 3.00. The molecule has 0 spiro atoms. The molecule has 13 heavy (non-hydrogen) atoms. The maximum atomic E-state index is 13.0. The fourth-order valence-electron chi connectivity index (χ4n) is 0.907. The number of nitrogens with two attached hydrogens (primary N) is 1. The minimum atomic E-state index is -0.674. The summed E-state index contributed by atoms with van der Waals surface area (Å²) in [6.07, 6.45) is 1.23. The van der Waals surface area contributed by atoms with E-state index >= 15 is 0 Å². The first kappa shape index (κ1) is 9.90. The van der Waals surface area contributed by atoms with Crippen LogP contribution in [0, 0.1) is 17.3 Å². The Morgan fingerprint density at radius 2 is 2.46 bits per heavy atom. The third kappa shape index (κ3) is 2.38. The van der Waals surface area contributed by atoms with Gasteiger partial charge in [-0.1, -0.05) is 11.6 Å². The number of pyridine rings is 1. The van der Waals surface area contributed by atoms with Crippen LogP contribution in [0.25, 0.3) is 0 Å². The van der Waals surface area contributed by atoms with Gasteiger partial charge in [0, 0.05) is 17.8 Å². The molecule has 0 amide bonds. The molecule has 0 saturated heterocycles. The maximum Gasteiger partial charge on any atom is 0.217 e. The zero-order valence-corrected chi connectivity index (χ0v) is 7.42. The summed E-state index contributed by atoms with van der Waals surface area (Å²) in [5.74, 6) is -0.674. The SMILES string of the molecule is N#CCC(N)c1cc(Cl)cnc1F. The van der Waals surface area contributed by atoms with Gasteiger partial charge in [0.25, 0.3) is 0 Å². The summed E-state index contributed by atoms with van der Waals surface area (Å²) in [6, 6.07) is 2.56. The number of halogens is 2. The van der Waals surface area contributed by atoms with Crippen molar-refractivity contribution in [2.45, 2.75) is 12.5 Å². The predicted octanol–water partition coefficient (Wildman–Crippen LogP) is 1.79. The van der Waals surface area contributed by atoms with Crippen LogP contribution in [-0.4, -0.2) is 4.98 Å². The Morgan fingerprint density at radius 1 is 1.77 bits per heavy atom. The van der Waals surface area contributed by atoms with E-state index in [-0.39, 0.29) is 12.0 Å². The fourth-order valence-corrected chi connectivity index (χ4v) is 1.07. The first-order valence-electron chi connectivity index (χ1n) is 3.58. The lowest BCUT2D eigenvalue weighted by molar-refractivity contribution is 0.546. The molecule has 1 rings (SSSR count). The summed E-state index contributed by atoms with van der Waals surface area (Å²) in [5.41, 5.74) is 5.69. The molecule has 0 aromatic carbocycles. The van der Waals surface area contributed by atoms with Crippen LogP contribution in [0.2, 0.25) is 5.02 Å². The van der Waals surface area contributed by atoms with E-state index in [1.165, 1.54) is 12.3 Å². The van der Waals surface area contributed by atoms with E-state index in [1.807, 2.05) is 6.07 Å². The fraction of sp³-hybridized carbons (Fsp3) is 0.250. The van der Waals surface area contributed by atoms with Crippen LogP contribution in [0.3, 0.4) is 0 Å². The van der Waals surface area contributed by atoms with Crippen LogP contribution in [-0.2, 0) is 0 Å². The molecular weight excluding hydrogens is 193 g/mol. The molecule has 1 heterocycles. The normalized spacial score (nSPS) is 12.2. The molecule has 3 nitrogen and oxygen atoms in total. The van der Waals surface area contributed by atoms with Gasteiger partial charge in [-0.15, -0.1) is 0 Å².